The third-order valence-corrected chi connectivity index (χ3v) is 2.78. The lowest BCUT2D eigenvalue weighted by Gasteiger charge is -2.07. The number of halogens is 1. The van der Waals surface area contributed by atoms with E-state index in [9.17, 15) is 4.79 Å². The number of benzene rings is 1. The van der Waals surface area contributed by atoms with Gasteiger partial charge in [-0.25, -0.2) is 9.89 Å². The van der Waals surface area contributed by atoms with Gasteiger partial charge in [-0.3, -0.25) is 0 Å². The summed E-state index contributed by atoms with van der Waals surface area (Å²) in [5.41, 5.74) is 2.57. The maximum absolute atomic E-state index is 11.4. The Morgan fingerprint density at radius 3 is 2.93 bits per heavy atom. The van der Waals surface area contributed by atoms with E-state index in [1.807, 2.05) is 25.1 Å². The lowest BCUT2D eigenvalue weighted by Crippen LogP contribution is -2.17. The van der Waals surface area contributed by atoms with E-state index in [0.717, 1.165) is 16.8 Å². The third kappa shape index (κ3) is 1.72. The number of hydrogen-bond donors (Lipinski definition) is 1. The number of aromatic amines is 1. The molecule has 15 heavy (non-hydrogen) atoms. The second-order valence-electron chi connectivity index (χ2n) is 3.12. The summed E-state index contributed by atoms with van der Waals surface area (Å²) in [6, 6.07) is 5.72. The van der Waals surface area contributed by atoms with Gasteiger partial charge in [0.25, 0.3) is 0 Å². The molecule has 0 aliphatic carbocycles. The van der Waals surface area contributed by atoms with E-state index < -0.39 is 0 Å². The minimum Gasteiger partial charge on any atom is -0.244 e. The fourth-order valence-corrected chi connectivity index (χ4v) is 2.14. The molecule has 1 heterocycles. The smallest absolute Gasteiger partial charge is 0.244 e. The third-order valence-electron chi connectivity index (χ3n) is 2.22. The molecule has 0 fully saturated rings. The Balaban J connectivity index is 2.68. The molecule has 1 N–H and O–H groups in total. The molecular formula is C9H9BrN4O. The second-order valence-corrected chi connectivity index (χ2v) is 3.69. The summed E-state index contributed by atoms with van der Waals surface area (Å²) in [5, 5.41) is 10.1. The largest absolute Gasteiger partial charge is 0.365 e. The zero-order chi connectivity index (χ0) is 10.8. The molecule has 0 unspecified atom stereocenters. The first kappa shape index (κ1) is 10.1. The second kappa shape index (κ2) is 3.98. The SMILES string of the molecule is Cc1cccc(-n2nn[nH]c2=O)c1CBr. The van der Waals surface area contributed by atoms with E-state index in [4.69, 9.17) is 0 Å². The maximum atomic E-state index is 11.4. The number of nitrogens with one attached hydrogen (secondary N) is 1. The highest BCUT2D eigenvalue weighted by molar-refractivity contribution is 9.08. The summed E-state index contributed by atoms with van der Waals surface area (Å²) in [6.07, 6.45) is 0. The van der Waals surface area contributed by atoms with Crippen LogP contribution >= 0.6 is 15.9 Å². The summed E-state index contributed by atoms with van der Waals surface area (Å²) in [7, 11) is 0. The molecule has 0 bridgehead atoms. The highest BCUT2D eigenvalue weighted by Gasteiger charge is 2.09. The van der Waals surface area contributed by atoms with Crippen molar-refractivity contribution in [2.45, 2.75) is 12.3 Å². The van der Waals surface area contributed by atoms with E-state index in [1.165, 1.54) is 4.68 Å². The van der Waals surface area contributed by atoms with Gasteiger partial charge in [-0.05, 0) is 34.5 Å². The molecule has 6 heteroatoms. The zero-order valence-corrected chi connectivity index (χ0v) is 9.65. The van der Waals surface area contributed by atoms with Gasteiger partial charge in [0.1, 0.15) is 0 Å². The Hall–Kier alpha value is -1.43. The molecule has 0 atom stereocenters. The lowest BCUT2D eigenvalue weighted by atomic mass is 10.1. The summed E-state index contributed by atoms with van der Waals surface area (Å²) in [4.78, 5) is 11.4. The van der Waals surface area contributed by atoms with Crippen LogP contribution in [0.5, 0.6) is 0 Å². The number of H-pyrrole nitrogens is 1. The van der Waals surface area contributed by atoms with Crippen LogP contribution in [0.2, 0.25) is 0 Å². The van der Waals surface area contributed by atoms with E-state index in [2.05, 4.69) is 31.5 Å². The zero-order valence-electron chi connectivity index (χ0n) is 8.07. The summed E-state index contributed by atoms with van der Waals surface area (Å²) in [6.45, 7) is 1.99. The van der Waals surface area contributed by atoms with Crippen molar-refractivity contribution in [3.8, 4) is 5.69 Å². The van der Waals surface area contributed by atoms with Crippen molar-refractivity contribution in [3.63, 3.8) is 0 Å². The maximum Gasteiger partial charge on any atom is 0.365 e. The first-order chi connectivity index (χ1) is 7.24. The Kier molecular flexibility index (Phi) is 2.68. The summed E-state index contributed by atoms with van der Waals surface area (Å²) < 4.78 is 1.25. The quantitative estimate of drug-likeness (QED) is 0.832. The van der Waals surface area contributed by atoms with Gasteiger partial charge in [0.2, 0.25) is 0 Å². The fraction of sp³-hybridized carbons (Fsp3) is 0.222. The van der Waals surface area contributed by atoms with Crippen molar-refractivity contribution in [2.75, 3.05) is 0 Å². The van der Waals surface area contributed by atoms with Gasteiger partial charge in [-0.1, -0.05) is 28.1 Å². The molecule has 0 aliphatic rings. The molecule has 1 aromatic carbocycles. The van der Waals surface area contributed by atoms with Crippen molar-refractivity contribution in [1.29, 1.82) is 0 Å². The monoisotopic (exact) mass is 268 g/mol. The van der Waals surface area contributed by atoms with Crippen LogP contribution in [0.1, 0.15) is 11.1 Å². The van der Waals surface area contributed by atoms with Crippen molar-refractivity contribution < 1.29 is 0 Å². The average molecular weight is 269 g/mol. The van der Waals surface area contributed by atoms with Gasteiger partial charge >= 0.3 is 5.69 Å². The number of aromatic nitrogens is 4. The number of nitrogens with zero attached hydrogens (tertiary/aromatic N) is 3. The molecule has 0 spiro atoms. The van der Waals surface area contributed by atoms with Crippen LogP contribution < -0.4 is 5.69 Å². The predicted molar refractivity (Wildman–Crippen MR) is 59.3 cm³/mol. The molecule has 0 saturated carbocycles. The van der Waals surface area contributed by atoms with Gasteiger partial charge in [0.05, 0.1) is 5.69 Å². The van der Waals surface area contributed by atoms with Crippen molar-refractivity contribution in [3.05, 3.63) is 39.8 Å². The Morgan fingerprint density at radius 2 is 2.33 bits per heavy atom. The minimum absolute atomic E-state index is 0.331. The van der Waals surface area contributed by atoms with E-state index in [-0.39, 0.29) is 5.69 Å². The number of rotatable bonds is 2. The summed E-state index contributed by atoms with van der Waals surface area (Å²) >= 11 is 3.40. The van der Waals surface area contributed by atoms with Gasteiger partial charge < -0.3 is 0 Å². The molecular weight excluding hydrogens is 260 g/mol. The lowest BCUT2D eigenvalue weighted by molar-refractivity contribution is 0.774. The normalized spacial score (nSPS) is 10.5. The molecule has 0 amide bonds. The molecule has 5 nitrogen and oxygen atoms in total. The molecule has 0 radical (unpaired) electrons. The van der Waals surface area contributed by atoms with Gasteiger partial charge in [-0.2, -0.15) is 4.68 Å². The Bertz CT molecular complexity index is 531. The number of hydrogen-bond acceptors (Lipinski definition) is 3. The topological polar surface area (TPSA) is 63.6 Å². The fourth-order valence-electron chi connectivity index (χ4n) is 1.41. The van der Waals surface area contributed by atoms with Crippen LogP contribution in [0.4, 0.5) is 0 Å². The van der Waals surface area contributed by atoms with Gasteiger partial charge in [-0.15, -0.1) is 0 Å². The first-order valence-corrected chi connectivity index (χ1v) is 5.51. The molecule has 1 aromatic heterocycles. The molecule has 2 aromatic rings. The molecule has 0 saturated heterocycles. The Labute approximate surface area is 94.2 Å². The van der Waals surface area contributed by atoms with Gasteiger partial charge in [0.15, 0.2) is 0 Å². The number of alkyl halides is 1. The van der Waals surface area contributed by atoms with Crippen molar-refractivity contribution in [2.24, 2.45) is 0 Å². The molecule has 2 rings (SSSR count). The van der Waals surface area contributed by atoms with Crippen LogP contribution in [-0.2, 0) is 5.33 Å². The van der Waals surface area contributed by atoms with Crippen LogP contribution in [-0.4, -0.2) is 20.2 Å². The standard InChI is InChI=1S/C9H9BrN4O/c1-6-3-2-4-8(7(6)5-10)14-9(15)11-12-13-14/h2-4H,5H2,1H3,(H,11,13,15). The molecule has 0 aliphatic heterocycles. The molecule has 78 valence electrons. The van der Waals surface area contributed by atoms with Gasteiger partial charge in [0, 0.05) is 5.33 Å². The van der Waals surface area contributed by atoms with E-state index >= 15 is 0 Å². The van der Waals surface area contributed by atoms with Crippen LogP contribution in [0.15, 0.2) is 23.0 Å². The van der Waals surface area contributed by atoms with E-state index in [0.29, 0.717) is 5.33 Å². The predicted octanol–water partition coefficient (Wildman–Crippen LogP) is 1.16. The highest BCUT2D eigenvalue weighted by Crippen LogP contribution is 2.19. The van der Waals surface area contributed by atoms with Crippen molar-refractivity contribution >= 4 is 15.9 Å². The average Bonchev–Trinajstić information content (AvgIpc) is 2.64. The number of aryl methyl sites for hydroxylation is 1. The summed E-state index contributed by atoms with van der Waals surface area (Å²) in [5.74, 6) is 0. The first-order valence-electron chi connectivity index (χ1n) is 4.39. The number of tetrazole rings is 1. The Morgan fingerprint density at radius 1 is 1.53 bits per heavy atom. The van der Waals surface area contributed by atoms with Crippen LogP contribution in [0, 0.1) is 6.92 Å². The minimum atomic E-state index is -0.331. The van der Waals surface area contributed by atoms with Crippen LogP contribution in [0.3, 0.4) is 0 Å². The van der Waals surface area contributed by atoms with Crippen LogP contribution in [0.25, 0.3) is 5.69 Å². The van der Waals surface area contributed by atoms with Crippen molar-refractivity contribution in [1.82, 2.24) is 20.2 Å². The highest BCUT2D eigenvalue weighted by atomic mass is 79.9. The van der Waals surface area contributed by atoms with E-state index in [1.54, 1.807) is 0 Å².